The summed E-state index contributed by atoms with van der Waals surface area (Å²) in [5.74, 6) is 0. The Labute approximate surface area is 117 Å². The number of nitrogens with zero attached hydrogens (tertiary/aromatic N) is 2. The number of hydrogen-bond acceptors (Lipinski definition) is 4. The molecule has 1 aromatic heterocycles. The van der Waals surface area contributed by atoms with Crippen molar-refractivity contribution in [1.29, 1.82) is 0 Å². The van der Waals surface area contributed by atoms with Crippen molar-refractivity contribution in [3.63, 3.8) is 0 Å². The molecule has 2 aromatic rings. The van der Waals surface area contributed by atoms with E-state index in [0.29, 0.717) is 12.2 Å². The van der Waals surface area contributed by atoms with Crippen molar-refractivity contribution in [3.8, 4) is 0 Å². The lowest BCUT2D eigenvalue weighted by molar-refractivity contribution is -0.384. The molecule has 6 nitrogen and oxygen atoms in total. The Morgan fingerprint density at radius 3 is 3.00 bits per heavy atom. The fraction of sp³-hybridized carbons (Fsp3) is 0.182. The van der Waals surface area contributed by atoms with E-state index in [0.717, 1.165) is 15.7 Å². The molecule has 1 heterocycles. The first-order valence-electron chi connectivity index (χ1n) is 5.32. The predicted octanol–water partition coefficient (Wildman–Crippen LogP) is 2.58. The van der Waals surface area contributed by atoms with Crippen LogP contribution in [-0.2, 0) is 6.42 Å². The van der Waals surface area contributed by atoms with Crippen molar-refractivity contribution in [2.75, 3.05) is 11.9 Å². The topological polar surface area (TPSA) is 83.8 Å². The van der Waals surface area contributed by atoms with Crippen LogP contribution in [-0.4, -0.2) is 21.4 Å². The summed E-state index contributed by atoms with van der Waals surface area (Å²) in [7, 11) is 0. The monoisotopic (exact) mass is 358 g/mol. The SMILES string of the molecule is O=[N+]([O-])c1cc(I)ccc1NCCc1cnc[nH]1. The van der Waals surface area contributed by atoms with Crippen LogP contribution in [0, 0.1) is 13.7 Å². The van der Waals surface area contributed by atoms with E-state index in [2.05, 4.69) is 37.9 Å². The van der Waals surface area contributed by atoms with E-state index in [1.165, 1.54) is 0 Å². The molecule has 0 saturated carbocycles. The minimum Gasteiger partial charge on any atom is -0.379 e. The zero-order valence-electron chi connectivity index (χ0n) is 9.39. The Hall–Kier alpha value is -1.64. The first kappa shape index (κ1) is 12.8. The van der Waals surface area contributed by atoms with E-state index < -0.39 is 0 Å². The number of nitro benzene ring substituents is 1. The molecule has 0 atom stereocenters. The summed E-state index contributed by atoms with van der Waals surface area (Å²) in [4.78, 5) is 17.4. The molecule has 1 aromatic carbocycles. The summed E-state index contributed by atoms with van der Waals surface area (Å²) in [5, 5.41) is 14.0. The van der Waals surface area contributed by atoms with E-state index in [1.807, 2.05) is 6.07 Å². The summed E-state index contributed by atoms with van der Waals surface area (Å²) in [5.41, 5.74) is 1.64. The number of H-pyrrole nitrogens is 1. The Morgan fingerprint density at radius 2 is 2.33 bits per heavy atom. The average Bonchev–Trinajstić information content (AvgIpc) is 2.84. The molecule has 18 heavy (non-hydrogen) atoms. The Kier molecular flexibility index (Phi) is 4.13. The quantitative estimate of drug-likeness (QED) is 0.489. The third kappa shape index (κ3) is 3.19. The minimum atomic E-state index is -0.374. The van der Waals surface area contributed by atoms with Gasteiger partial charge in [-0.05, 0) is 34.7 Å². The van der Waals surface area contributed by atoms with Crippen LogP contribution < -0.4 is 5.32 Å². The average molecular weight is 358 g/mol. The number of rotatable bonds is 5. The van der Waals surface area contributed by atoms with Gasteiger partial charge < -0.3 is 10.3 Å². The van der Waals surface area contributed by atoms with Crippen LogP contribution in [0.15, 0.2) is 30.7 Å². The van der Waals surface area contributed by atoms with Crippen molar-refractivity contribution in [1.82, 2.24) is 9.97 Å². The molecule has 94 valence electrons. The van der Waals surface area contributed by atoms with E-state index in [1.54, 1.807) is 24.7 Å². The molecule has 2 N–H and O–H groups in total. The van der Waals surface area contributed by atoms with E-state index in [4.69, 9.17) is 0 Å². The van der Waals surface area contributed by atoms with Crippen LogP contribution >= 0.6 is 22.6 Å². The minimum absolute atomic E-state index is 0.103. The highest BCUT2D eigenvalue weighted by Crippen LogP contribution is 2.26. The lowest BCUT2D eigenvalue weighted by Gasteiger charge is -2.06. The molecule has 0 saturated heterocycles. The highest BCUT2D eigenvalue weighted by molar-refractivity contribution is 14.1. The number of hydrogen-bond donors (Lipinski definition) is 2. The van der Waals surface area contributed by atoms with Crippen LogP contribution in [0.5, 0.6) is 0 Å². The number of halogens is 1. The third-order valence-corrected chi connectivity index (χ3v) is 3.09. The lowest BCUT2D eigenvalue weighted by Crippen LogP contribution is -2.07. The highest BCUT2D eigenvalue weighted by atomic mass is 127. The van der Waals surface area contributed by atoms with Crippen LogP contribution in [0.4, 0.5) is 11.4 Å². The van der Waals surface area contributed by atoms with Crippen molar-refractivity contribution in [2.24, 2.45) is 0 Å². The van der Waals surface area contributed by atoms with Gasteiger partial charge >= 0.3 is 0 Å². The molecular formula is C11H11IN4O2. The predicted molar refractivity (Wildman–Crippen MR) is 76.6 cm³/mol. The zero-order valence-corrected chi connectivity index (χ0v) is 11.5. The van der Waals surface area contributed by atoms with Crippen molar-refractivity contribution >= 4 is 34.0 Å². The van der Waals surface area contributed by atoms with E-state index in [9.17, 15) is 10.1 Å². The number of nitrogens with one attached hydrogen (secondary N) is 2. The largest absolute Gasteiger partial charge is 0.379 e. The first-order chi connectivity index (χ1) is 8.66. The Morgan fingerprint density at radius 1 is 1.50 bits per heavy atom. The molecule has 0 bridgehead atoms. The van der Waals surface area contributed by atoms with Gasteiger partial charge in [0.25, 0.3) is 5.69 Å². The molecule has 0 aliphatic rings. The third-order valence-electron chi connectivity index (χ3n) is 2.42. The molecular weight excluding hydrogens is 347 g/mol. The number of imidazole rings is 1. The van der Waals surface area contributed by atoms with Crippen LogP contribution in [0.2, 0.25) is 0 Å². The molecule has 7 heteroatoms. The van der Waals surface area contributed by atoms with Crippen molar-refractivity contribution in [3.05, 3.63) is 50.1 Å². The molecule has 0 fully saturated rings. The number of benzene rings is 1. The molecule has 2 rings (SSSR count). The zero-order chi connectivity index (χ0) is 13.0. The molecule has 0 aliphatic carbocycles. The maximum atomic E-state index is 10.9. The standard InChI is InChI=1S/C11H11IN4O2/c12-8-1-2-10(11(5-8)16(17)18)14-4-3-9-6-13-7-15-9/h1-2,5-7,14H,3-4H2,(H,13,15). The summed E-state index contributed by atoms with van der Waals surface area (Å²) < 4.78 is 0.846. The number of anilines is 1. The Balaban J connectivity index is 2.02. The van der Waals surface area contributed by atoms with Gasteiger partial charge in [-0.1, -0.05) is 0 Å². The molecule has 0 amide bonds. The van der Waals surface area contributed by atoms with Crippen LogP contribution in [0.1, 0.15) is 5.69 Å². The highest BCUT2D eigenvalue weighted by Gasteiger charge is 2.13. The lowest BCUT2D eigenvalue weighted by atomic mass is 10.2. The van der Waals surface area contributed by atoms with Gasteiger partial charge in [-0.15, -0.1) is 0 Å². The first-order valence-corrected chi connectivity index (χ1v) is 6.40. The summed E-state index contributed by atoms with van der Waals surface area (Å²) in [6, 6.07) is 5.12. The van der Waals surface area contributed by atoms with Crippen molar-refractivity contribution in [2.45, 2.75) is 6.42 Å². The van der Waals surface area contributed by atoms with Gasteiger partial charge in [-0.2, -0.15) is 0 Å². The van der Waals surface area contributed by atoms with Gasteiger partial charge in [-0.3, -0.25) is 10.1 Å². The summed E-state index contributed by atoms with van der Waals surface area (Å²) >= 11 is 2.06. The molecule has 0 unspecified atom stereocenters. The second kappa shape index (κ2) is 5.80. The Bertz CT molecular complexity index is 542. The molecule has 0 aliphatic heterocycles. The number of aromatic amines is 1. The second-order valence-electron chi connectivity index (χ2n) is 3.67. The fourth-order valence-electron chi connectivity index (χ4n) is 1.56. The normalized spacial score (nSPS) is 10.3. The fourth-order valence-corrected chi connectivity index (χ4v) is 2.03. The smallest absolute Gasteiger partial charge is 0.293 e. The van der Waals surface area contributed by atoms with Crippen LogP contribution in [0.3, 0.4) is 0 Å². The van der Waals surface area contributed by atoms with Crippen molar-refractivity contribution < 1.29 is 4.92 Å². The van der Waals surface area contributed by atoms with Gasteiger partial charge in [0.2, 0.25) is 0 Å². The van der Waals surface area contributed by atoms with Gasteiger partial charge in [0.15, 0.2) is 0 Å². The van der Waals surface area contributed by atoms with Gasteiger partial charge in [0.1, 0.15) is 5.69 Å². The summed E-state index contributed by atoms with van der Waals surface area (Å²) in [6.45, 7) is 0.615. The summed E-state index contributed by atoms with van der Waals surface area (Å²) in [6.07, 6.45) is 4.09. The molecule has 0 spiro atoms. The number of nitro groups is 1. The van der Waals surface area contributed by atoms with Gasteiger partial charge in [-0.25, -0.2) is 4.98 Å². The van der Waals surface area contributed by atoms with Gasteiger partial charge in [0.05, 0.1) is 11.3 Å². The second-order valence-corrected chi connectivity index (χ2v) is 4.92. The van der Waals surface area contributed by atoms with Crippen LogP contribution in [0.25, 0.3) is 0 Å². The maximum Gasteiger partial charge on any atom is 0.293 e. The van der Waals surface area contributed by atoms with E-state index in [-0.39, 0.29) is 10.6 Å². The number of aromatic nitrogens is 2. The maximum absolute atomic E-state index is 10.9. The van der Waals surface area contributed by atoms with Gasteiger partial charge in [0, 0.05) is 34.5 Å². The van der Waals surface area contributed by atoms with E-state index >= 15 is 0 Å². The molecule has 0 radical (unpaired) electrons.